The fourth-order valence-corrected chi connectivity index (χ4v) is 2.31. The summed E-state index contributed by atoms with van der Waals surface area (Å²) in [6.07, 6.45) is 3.28. The molecule has 0 aliphatic carbocycles. The van der Waals surface area contributed by atoms with Crippen molar-refractivity contribution in [1.82, 2.24) is 0 Å². The van der Waals surface area contributed by atoms with Gasteiger partial charge < -0.3 is 9.84 Å². The molecule has 0 unspecified atom stereocenters. The molecule has 0 atom stereocenters. The molecule has 2 aromatic rings. The van der Waals surface area contributed by atoms with Crippen LogP contribution in [0.3, 0.4) is 0 Å². The van der Waals surface area contributed by atoms with Crippen LogP contribution in [0.1, 0.15) is 32.6 Å². The van der Waals surface area contributed by atoms with E-state index >= 15 is 0 Å². The molecule has 0 aromatic heterocycles. The van der Waals surface area contributed by atoms with Gasteiger partial charge in [-0.25, -0.2) is 4.79 Å². The molecule has 0 bridgehead atoms. The molecular weight excluding hydrogens is 304 g/mol. The molecule has 0 aliphatic rings. The van der Waals surface area contributed by atoms with E-state index in [1.165, 1.54) is 5.56 Å². The average Bonchev–Trinajstić information content (AvgIpc) is 2.55. The second kappa shape index (κ2) is 7.59. The van der Waals surface area contributed by atoms with Gasteiger partial charge in [0.1, 0.15) is 5.75 Å². The molecular formula is C20H20O4. The lowest BCUT2D eigenvalue weighted by Crippen LogP contribution is -2.09. The first-order chi connectivity index (χ1) is 11.4. The van der Waals surface area contributed by atoms with Crippen LogP contribution in [-0.4, -0.2) is 23.5 Å². The lowest BCUT2D eigenvalue weighted by atomic mass is 9.97. The first-order valence-corrected chi connectivity index (χ1v) is 7.61. The number of rotatable bonds is 6. The molecule has 4 heteroatoms. The number of carbonyl (C=O) groups is 2. The standard InChI is InChI=1S/C20H20O4/c1-13-10-15(3)18(11-14(13)2)19(21)9-6-16-4-7-17(8-5-16)24-12-20(22)23/h4-11H,12H2,1-3H3,(H,22,23)/b9-6+. The van der Waals surface area contributed by atoms with Crippen molar-refractivity contribution in [3.8, 4) is 5.75 Å². The van der Waals surface area contributed by atoms with Gasteiger partial charge in [0.05, 0.1) is 0 Å². The molecule has 0 aliphatic heterocycles. The van der Waals surface area contributed by atoms with Crippen LogP contribution in [0.2, 0.25) is 0 Å². The number of benzene rings is 2. The van der Waals surface area contributed by atoms with Gasteiger partial charge in [0.25, 0.3) is 0 Å². The molecule has 0 radical (unpaired) electrons. The van der Waals surface area contributed by atoms with E-state index in [1.54, 1.807) is 36.4 Å². The SMILES string of the molecule is Cc1cc(C)c(C(=O)/C=C/c2ccc(OCC(=O)O)cc2)cc1C. The second-order valence-corrected chi connectivity index (χ2v) is 5.70. The fraction of sp³-hybridized carbons (Fsp3) is 0.200. The number of hydrogen-bond acceptors (Lipinski definition) is 3. The van der Waals surface area contributed by atoms with Gasteiger partial charge in [0.15, 0.2) is 12.4 Å². The summed E-state index contributed by atoms with van der Waals surface area (Å²) in [7, 11) is 0. The maximum Gasteiger partial charge on any atom is 0.341 e. The van der Waals surface area contributed by atoms with Gasteiger partial charge in [-0.1, -0.05) is 24.3 Å². The number of ketones is 1. The molecule has 0 saturated carbocycles. The monoisotopic (exact) mass is 324 g/mol. The Balaban J connectivity index is 2.09. The number of hydrogen-bond donors (Lipinski definition) is 1. The van der Waals surface area contributed by atoms with E-state index in [4.69, 9.17) is 9.84 Å². The Morgan fingerprint density at radius 3 is 2.25 bits per heavy atom. The first-order valence-electron chi connectivity index (χ1n) is 7.61. The van der Waals surface area contributed by atoms with E-state index in [-0.39, 0.29) is 12.4 Å². The molecule has 4 nitrogen and oxygen atoms in total. The Morgan fingerprint density at radius 2 is 1.62 bits per heavy atom. The van der Waals surface area contributed by atoms with Gasteiger partial charge in [-0.2, -0.15) is 0 Å². The zero-order valence-corrected chi connectivity index (χ0v) is 14.0. The van der Waals surface area contributed by atoms with E-state index < -0.39 is 5.97 Å². The summed E-state index contributed by atoms with van der Waals surface area (Å²) in [6, 6.07) is 10.8. The summed E-state index contributed by atoms with van der Waals surface area (Å²) in [5.74, 6) is -0.582. The summed E-state index contributed by atoms with van der Waals surface area (Å²) in [5, 5.41) is 8.57. The molecule has 0 heterocycles. The van der Waals surface area contributed by atoms with E-state index in [2.05, 4.69) is 0 Å². The van der Waals surface area contributed by atoms with E-state index in [9.17, 15) is 9.59 Å². The largest absolute Gasteiger partial charge is 0.482 e. The second-order valence-electron chi connectivity index (χ2n) is 5.70. The Bertz CT molecular complexity index is 786. The van der Waals surface area contributed by atoms with Gasteiger partial charge in [0, 0.05) is 5.56 Å². The molecule has 124 valence electrons. The zero-order valence-electron chi connectivity index (χ0n) is 14.0. The summed E-state index contributed by atoms with van der Waals surface area (Å²) < 4.78 is 5.07. The smallest absolute Gasteiger partial charge is 0.341 e. The van der Waals surface area contributed by atoms with Crippen LogP contribution < -0.4 is 4.74 Å². The lowest BCUT2D eigenvalue weighted by molar-refractivity contribution is -0.139. The summed E-state index contributed by atoms with van der Waals surface area (Å²) in [5.41, 5.74) is 4.77. The predicted octanol–water partition coefficient (Wildman–Crippen LogP) is 3.97. The minimum Gasteiger partial charge on any atom is -0.482 e. The highest BCUT2D eigenvalue weighted by molar-refractivity contribution is 6.07. The quantitative estimate of drug-likeness (QED) is 0.645. The number of carbonyl (C=O) groups excluding carboxylic acids is 1. The maximum atomic E-state index is 12.4. The molecule has 24 heavy (non-hydrogen) atoms. The average molecular weight is 324 g/mol. The third kappa shape index (κ3) is 4.56. The third-order valence-corrected chi connectivity index (χ3v) is 3.78. The Morgan fingerprint density at radius 1 is 1.00 bits per heavy atom. The number of ether oxygens (including phenoxy) is 1. The van der Waals surface area contributed by atoms with Crippen molar-refractivity contribution >= 4 is 17.8 Å². The molecule has 0 fully saturated rings. The maximum absolute atomic E-state index is 12.4. The van der Waals surface area contributed by atoms with Crippen LogP contribution in [0, 0.1) is 20.8 Å². The first kappa shape index (κ1) is 17.5. The summed E-state index contributed by atoms with van der Waals surface area (Å²) in [4.78, 5) is 22.8. The minimum absolute atomic E-state index is 0.0400. The number of aryl methyl sites for hydroxylation is 3. The summed E-state index contributed by atoms with van der Waals surface area (Å²) in [6.45, 7) is 5.58. The van der Waals surface area contributed by atoms with E-state index in [1.807, 2.05) is 32.9 Å². The fourth-order valence-electron chi connectivity index (χ4n) is 2.31. The van der Waals surface area contributed by atoms with Crippen molar-refractivity contribution in [1.29, 1.82) is 0 Å². The van der Waals surface area contributed by atoms with Crippen LogP contribution in [0.15, 0.2) is 42.5 Å². The third-order valence-electron chi connectivity index (χ3n) is 3.78. The van der Waals surface area contributed by atoms with Gasteiger partial charge in [-0.15, -0.1) is 0 Å². The van der Waals surface area contributed by atoms with Crippen molar-refractivity contribution in [2.45, 2.75) is 20.8 Å². The number of aliphatic carboxylic acids is 1. The van der Waals surface area contributed by atoms with Crippen molar-refractivity contribution in [3.63, 3.8) is 0 Å². The highest BCUT2D eigenvalue weighted by Gasteiger charge is 2.08. The van der Waals surface area contributed by atoms with E-state index in [0.717, 1.165) is 16.7 Å². The summed E-state index contributed by atoms with van der Waals surface area (Å²) >= 11 is 0. The van der Waals surface area contributed by atoms with Crippen molar-refractivity contribution in [2.24, 2.45) is 0 Å². The molecule has 0 spiro atoms. The Hall–Kier alpha value is -2.88. The Kier molecular flexibility index (Phi) is 5.53. The highest BCUT2D eigenvalue weighted by Crippen LogP contribution is 2.17. The van der Waals surface area contributed by atoms with Gasteiger partial charge in [-0.3, -0.25) is 4.79 Å². The van der Waals surface area contributed by atoms with E-state index in [0.29, 0.717) is 11.3 Å². The molecule has 2 aromatic carbocycles. The zero-order chi connectivity index (χ0) is 17.7. The van der Waals surface area contributed by atoms with Gasteiger partial charge >= 0.3 is 5.97 Å². The van der Waals surface area contributed by atoms with Crippen molar-refractivity contribution < 1.29 is 19.4 Å². The molecule has 2 rings (SSSR count). The lowest BCUT2D eigenvalue weighted by Gasteiger charge is -2.07. The minimum atomic E-state index is -1.02. The van der Waals surface area contributed by atoms with Crippen molar-refractivity contribution in [2.75, 3.05) is 6.61 Å². The number of carboxylic acids is 1. The molecule has 0 amide bonds. The van der Waals surface area contributed by atoms with Crippen molar-refractivity contribution in [3.05, 3.63) is 70.3 Å². The van der Waals surface area contributed by atoms with Crippen LogP contribution in [0.5, 0.6) is 5.75 Å². The Labute approximate surface area is 141 Å². The predicted molar refractivity (Wildman–Crippen MR) is 93.6 cm³/mol. The number of carboxylic acid groups (broad SMARTS) is 1. The molecule has 1 N–H and O–H groups in total. The van der Waals surface area contributed by atoms with Crippen LogP contribution in [-0.2, 0) is 4.79 Å². The molecule has 0 saturated heterocycles. The van der Waals surface area contributed by atoms with Crippen LogP contribution in [0.4, 0.5) is 0 Å². The van der Waals surface area contributed by atoms with Crippen LogP contribution >= 0.6 is 0 Å². The highest BCUT2D eigenvalue weighted by atomic mass is 16.5. The van der Waals surface area contributed by atoms with Crippen LogP contribution in [0.25, 0.3) is 6.08 Å². The normalized spacial score (nSPS) is 10.8. The van der Waals surface area contributed by atoms with Gasteiger partial charge in [-0.05, 0) is 67.3 Å². The number of allylic oxidation sites excluding steroid dienone is 1. The topological polar surface area (TPSA) is 63.6 Å². The van der Waals surface area contributed by atoms with Gasteiger partial charge in [0.2, 0.25) is 0 Å².